The summed E-state index contributed by atoms with van der Waals surface area (Å²) < 4.78 is 29.6. The van der Waals surface area contributed by atoms with Gasteiger partial charge in [-0.3, -0.25) is 9.59 Å². The van der Waals surface area contributed by atoms with E-state index in [9.17, 15) is 0 Å². The third-order valence-corrected chi connectivity index (χ3v) is 25.3. The third-order valence-electron chi connectivity index (χ3n) is 25.3. The average molecular weight is 1540 g/mol. The van der Waals surface area contributed by atoms with Gasteiger partial charge in [-0.25, -0.2) is 4.79 Å². The molecule has 0 fully saturated rings. The van der Waals surface area contributed by atoms with Crippen molar-refractivity contribution < 1.29 is 33.3 Å². The molecule has 650 valence electrons. The highest BCUT2D eigenvalue weighted by Gasteiger charge is 2.75. The Morgan fingerprint density at radius 2 is 0.284 bits per heavy atom. The molecule has 0 radical (unpaired) electrons. The van der Waals surface area contributed by atoms with Crippen molar-refractivity contribution in [3.63, 3.8) is 0 Å². The molecule has 0 unspecified atom stereocenters. The highest BCUT2D eigenvalue weighted by molar-refractivity contribution is 5.97. The predicted molar refractivity (Wildman–Crippen MR) is 480 cm³/mol. The summed E-state index contributed by atoms with van der Waals surface area (Å²) in [5.74, 6) is -1.01. The molecule has 0 N–H and O–H groups in total. The van der Waals surface area contributed by atoms with Crippen LogP contribution < -0.4 is 0 Å². The molecule has 0 heterocycles. The van der Waals surface area contributed by atoms with E-state index in [1.165, 1.54) is 360 Å². The Labute approximate surface area is 685 Å². The zero-order valence-electron chi connectivity index (χ0n) is 76.1. The Morgan fingerprint density at radius 3 is 0.450 bits per heavy atom. The lowest BCUT2D eigenvalue weighted by Gasteiger charge is -2.55. The smallest absolute Gasteiger partial charge is 0.340 e. The van der Waals surface area contributed by atoms with Crippen LogP contribution in [0, 0.1) is 10.8 Å². The Bertz CT molecular complexity index is 1670. The minimum Gasteiger partial charge on any atom is -0.465 e. The second-order valence-corrected chi connectivity index (χ2v) is 35.6. The van der Waals surface area contributed by atoms with Crippen molar-refractivity contribution in [3.8, 4) is 0 Å². The first-order valence-electron chi connectivity index (χ1n) is 50.9. The largest absolute Gasteiger partial charge is 0.465 e. The average Bonchev–Trinajstić information content (AvgIpc) is 0.698. The van der Waals surface area contributed by atoms with Gasteiger partial charge in [0.15, 0.2) is 5.60 Å². The van der Waals surface area contributed by atoms with E-state index in [-0.39, 0.29) is 18.5 Å². The number of ether oxygens (including phenoxy) is 4. The molecule has 0 aliphatic rings. The monoisotopic (exact) mass is 1540 g/mol. The van der Waals surface area contributed by atoms with Crippen molar-refractivity contribution in [1.82, 2.24) is 0 Å². The third kappa shape index (κ3) is 59.7. The van der Waals surface area contributed by atoms with Gasteiger partial charge in [0.2, 0.25) is 0 Å². The molecule has 0 aliphatic heterocycles. The number of carbonyl (C=O) groups is 3. The Kier molecular flexibility index (Phi) is 84.4. The molecule has 0 saturated heterocycles. The molecule has 0 rings (SSSR count). The van der Waals surface area contributed by atoms with Gasteiger partial charge in [-0.05, 0) is 51.4 Å². The van der Waals surface area contributed by atoms with E-state index in [2.05, 4.69) is 55.4 Å². The standard InChI is InChI=1S/C102H200O7/c1-9-17-25-33-41-49-57-65-73-81-89-100(90-82-74-66-58-50-42-34-26-18-10-2,97(103)106-93-85-77-69-61-53-45-37-29-21-13-5)102(109-96-88-80-72-64-56-48-40-32-24-16-8,99(105)108-95-87-79-71-63-55-47-39-31-23-15-7)101(91-83-75-67-59-51-43-35-27-19-11-3,92-84-76-68-60-52-44-36-28-20-12-4)98(104)107-94-86-78-70-62-54-46-38-30-22-14-6/h9-96H2,1-8H3. The molecular formula is C102H200O7. The number of hydrogen-bond acceptors (Lipinski definition) is 7. The second-order valence-electron chi connectivity index (χ2n) is 35.6. The van der Waals surface area contributed by atoms with Gasteiger partial charge in [-0.2, -0.15) is 0 Å². The summed E-state index contributed by atoms with van der Waals surface area (Å²) in [6.07, 6.45) is 96.3. The van der Waals surface area contributed by atoms with Crippen molar-refractivity contribution in [3.05, 3.63) is 0 Å². The summed E-state index contributed by atoms with van der Waals surface area (Å²) >= 11 is 0. The Hall–Kier alpha value is -1.63. The van der Waals surface area contributed by atoms with E-state index in [0.29, 0.717) is 45.5 Å². The van der Waals surface area contributed by atoms with Gasteiger partial charge in [0, 0.05) is 6.61 Å². The summed E-state index contributed by atoms with van der Waals surface area (Å²) in [6, 6.07) is 0. The van der Waals surface area contributed by atoms with Crippen LogP contribution in [0.5, 0.6) is 0 Å². The second kappa shape index (κ2) is 85.7. The summed E-state index contributed by atoms with van der Waals surface area (Å²) in [7, 11) is 0. The van der Waals surface area contributed by atoms with E-state index in [1.54, 1.807) is 0 Å². The minimum atomic E-state index is -1.96. The van der Waals surface area contributed by atoms with Crippen LogP contribution >= 0.6 is 0 Å². The molecule has 0 amide bonds. The van der Waals surface area contributed by atoms with Gasteiger partial charge in [0.25, 0.3) is 0 Å². The van der Waals surface area contributed by atoms with Crippen LogP contribution in [-0.2, 0) is 33.3 Å². The molecule has 0 aromatic carbocycles. The summed E-state index contributed by atoms with van der Waals surface area (Å²) in [4.78, 5) is 52.2. The van der Waals surface area contributed by atoms with E-state index in [0.717, 1.165) is 154 Å². The first-order valence-corrected chi connectivity index (χ1v) is 50.9. The molecule has 7 heteroatoms. The molecule has 0 spiro atoms. The number of unbranched alkanes of at least 4 members (excludes halogenated alkanes) is 72. The highest BCUT2D eigenvalue weighted by Crippen LogP contribution is 2.60. The quantitative estimate of drug-likeness (QED) is 0.0340. The molecule has 0 aliphatic carbocycles. The number of hydrogen-bond donors (Lipinski definition) is 0. The number of carbonyl (C=O) groups excluding carboxylic acids is 3. The van der Waals surface area contributed by atoms with Crippen LogP contribution in [0.15, 0.2) is 0 Å². The van der Waals surface area contributed by atoms with Crippen LogP contribution in [-0.4, -0.2) is 49.9 Å². The molecule has 0 aromatic heterocycles. The van der Waals surface area contributed by atoms with Crippen LogP contribution in [0.3, 0.4) is 0 Å². The van der Waals surface area contributed by atoms with E-state index >= 15 is 14.4 Å². The number of esters is 3. The predicted octanol–water partition coefficient (Wildman–Crippen LogP) is 35.3. The fourth-order valence-corrected chi connectivity index (χ4v) is 17.9. The minimum absolute atomic E-state index is 0.263. The Balaban J connectivity index is 9.06. The van der Waals surface area contributed by atoms with Gasteiger partial charge in [-0.15, -0.1) is 0 Å². The zero-order valence-corrected chi connectivity index (χ0v) is 76.1. The van der Waals surface area contributed by atoms with Crippen LogP contribution in [0.2, 0.25) is 0 Å². The van der Waals surface area contributed by atoms with Gasteiger partial charge in [0.1, 0.15) is 10.8 Å². The maximum absolute atomic E-state index is 17.6. The lowest BCUT2D eigenvalue weighted by molar-refractivity contribution is -0.248. The van der Waals surface area contributed by atoms with E-state index < -0.39 is 22.4 Å². The van der Waals surface area contributed by atoms with Crippen molar-refractivity contribution in [2.45, 2.75) is 600 Å². The SMILES string of the molecule is CCCCCCCCCCCCOC(=O)C(CCCCCCCCCCCC)(CCCCCCCCCCCC)C(OCCCCCCCCCCCC)(C(=O)OCCCCCCCCCCCC)C(CCCCCCCCCCCC)(CCCCCCCCCCCC)C(=O)OCCCCCCCCCCCC. The highest BCUT2D eigenvalue weighted by atomic mass is 16.6. The van der Waals surface area contributed by atoms with Crippen molar-refractivity contribution in [1.29, 1.82) is 0 Å². The van der Waals surface area contributed by atoms with Crippen LogP contribution in [0.1, 0.15) is 595 Å². The molecule has 0 aromatic rings. The molecular weight excluding hydrogens is 1340 g/mol. The summed E-state index contributed by atoms with van der Waals surface area (Å²) in [5.41, 5.74) is -4.92. The van der Waals surface area contributed by atoms with Gasteiger partial charge < -0.3 is 18.9 Å². The fourth-order valence-electron chi connectivity index (χ4n) is 17.9. The van der Waals surface area contributed by atoms with Crippen molar-refractivity contribution in [2.24, 2.45) is 10.8 Å². The van der Waals surface area contributed by atoms with Gasteiger partial charge in [0.05, 0.1) is 19.8 Å². The molecule has 0 atom stereocenters. The zero-order chi connectivity index (χ0) is 79.3. The summed E-state index contributed by atoms with van der Waals surface area (Å²) in [5, 5.41) is 0. The van der Waals surface area contributed by atoms with Crippen LogP contribution in [0.4, 0.5) is 0 Å². The summed E-state index contributed by atoms with van der Waals surface area (Å²) in [6.45, 7) is 19.6. The van der Waals surface area contributed by atoms with Gasteiger partial charge in [-0.1, -0.05) is 543 Å². The van der Waals surface area contributed by atoms with Crippen LogP contribution in [0.25, 0.3) is 0 Å². The maximum Gasteiger partial charge on any atom is 0.340 e. The Morgan fingerprint density at radius 1 is 0.156 bits per heavy atom. The normalized spacial score (nSPS) is 12.1. The topological polar surface area (TPSA) is 88.1 Å². The molecule has 0 saturated carbocycles. The van der Waals surface area contributed by atoms with E-state index in [1.807, 2.05) is 0 Å². The lowest BCUT2D eigenvalue weighted by atomic mass is 9.51. The van der Waals surface area contributed by atoms with Crippen molar-refractivity contribution in [2.75, 3.05) is 26.4 Å². The van der Waals surface area contributed by atoms with E-state index in [4.69, 9.17) is 18.9 Å². The molecule has 0 bridgehead atoms. The first kappa shape index (κ1) is 107. The molecule has 7 nitrogen and oxygen atoms in total. The number of rotatable bonds is 94. The van der Waals surface area contributed by atoms with Gasteiger partial charge >= 0.3 is 17.9 Å². The lowest BCUT2D eigenvalue weighted by Crippen LogP contribution is -2.72. The maximum atomic E-state index is 17.6. The van der Waals surface area contributed by atoms with Crippen molar-refractivity contribution >= 4 is 17.9 Å². The first-order chi connectivity index (χ1) is 53.7. The fraction of sp³-hybridized carbons (Fsp3) is 0.971. The molecule has 109 heavy (non-hydrogen) atoms.